The number of anilines is 2. The Bertz CT molecular complexity index is 1180. The van der Waals surface area contributed by atoms with Crippen LogP contribution < -0.4 is 14.4 Å². The van der Waals surface area contributed by atoms with Crippen LogP contribution in [0.2, 0.25) is 0 Å². The summed E-state index contributed by atoms with van der Waals surface area (Å²) in [7, 11) is 0.993. The minimum Gasteiger partial charge on any atom is -0.493 e. The van der Waals surface area contributed by atoms with Gasteiger partial charge in [-0.05, 0) is 54.7 Å². The number of hydrogen-bond acceptors (Lipinski definition) is 5. The van der Waals surface area contributed by atoms with Gasteiger partial charge in [-0.1, -0.05) is 36.4 Å². The van der Waals surface area contributed by atoms with Crippen LogP contribution in [0.4, 0.5) is 11.4 Å². The van der Waals surface area contributed by atoms with Crippen LogP contribution in [0, 0.1) is 0 Å². The van der Waals surface area contributed by atoms with Crippen molar-refractivity contribution in [2.24, 2.45) is 0 Å². The summed E-state index contributed by atoms with van der Waals surface area (Å²) in [4.78, 5) is 2.52. The zero-order valence-electron chi connectivity index (χ0n) is 19.3. The van der Waals surface area contributed by atoms with Crippen molar-refractivity contribution in [1.29, 1.82) is 0 Å². The Labute approximate surface area is 196 Å². The molecule has 0 aliphatic carbocycles. The van der Waals surface area contributed by atoms with Crippen LogP contribution in [0.5, 0.6) is 11.5 Å². The van der Waals surface area contributed by atoms with Crippen molar-refractivity contribution in [3.05, 3.63) is 77.9 Å². The number of para-hydroxylation sites is 2. The van der Waals surface area contributed by atoms with Gasteiger partial charge >= 0.3 is 0 Å². The van der Waals surface area contributed by atoms with Crippen molar-refractivity contribution in [3.63, 3.8) is 0 Å². The summed E-state index contributed by atoms with van der Waals surface area (Å²) in [6.07, 6.45) is 2.68. The average molecular weight is 467 g/mol. The number of hydrogen-bond donors (Lipinski definition) is 0. The van der Waals surface area contributed by atoms with E-state index in [-0.39, 0.29) is 4.90 Å². The van der Waals surface area contributed by atoms with Crippen LogP contribution in [0.25, 0.3) is 0 Å². The molecule has 1 aliphatic heterocycles. The van der Waals surface area contributed by atoms with E-state index in [0.29, 0.717) is 24.5 Å². The quantitative estimate of drug-likeness (QED) is 0.484. The molecule has 1 aliphatic rings. The van der Waals surface area contributed by atoms with Crippen molar-refractivity contribution in [3.8, 4) is 11.5 Å². The highest BCUT2D eigenvalue weighted by atomic mass is 32.2. The molecule has 0 N–H and O–H groups in total. The fraction of sp³-hybridized carbons (Fsp3) is 0.308. The molecular weight excluding hydrogens is 436 g/mol. The molecule has 3 aromatic rings. The molecule has 7 heteroatoms. The predicted octanol–water partition coefficient (Wildman–Crippen LogP) is 4.65. The Hall–Kier alpha value is -3.03. The van der Waals surface area contributed by atoms with Crippen molar-refractivity contribution in [1.82, 2.24) is 4.31 Å². The zero-order chi connectivity index (χ0) is 23.4. The van der Waals surface area contributed by atoms with E-state index in [4.69, 9.17) is 9.47 Å². The molecule has 0 saturated carbocycles. The van der Waals surface area contributed by atoms with Crippen LogP contribution in [0.15, 0.2) is 71.6 Å². The third-order valence-electron chi connectivity index (χ3n) is 6.15. The van der Waals surface area contributed by atoms with Gasteiger partial charge < -0.3 is 14.4 Å². The summed E-state index contributed by atoms with van der Waals surface area (Å²) in [6, 6.07) is 21.6. The van der Waals surface area contributed by atoms with Gasteiger partial charge in [0.05, 0.1) is 19.1 Å². The van der Waals surface area contributed by atoms with Crippen molar-refractivity contribution >= 4 is 21.4 Å². The molecule has 6 nitrogen and oxygen atoms in total. The fourth-order valence-corrected chi connectivity index (χ4v) is 5.57. The van der Waals surface area contributed by atoms with Crippen LogP contribution in [-0.4, -0.2) is 47.1 Å². The maximum atomic E-state index is 13.1. The van der Waals surface area contributed by atoms with E-state index in [1.807, 2.05) is 0 Å². The molecule has 0 amide bonds. The lowest BCUT2D eigenvalue weighted by Crippen LogP contribution is -2.30. The molecule has 1 heterocycles. The van der Waals surface area contributed by atoms with Gasteiger partial charge in [0.2, 0.25) is 10.0 Å². The largest absolute Gasteiger partial charge is 0.493 e. The highest BCUT2D eigenvalue weighted by molar-refractivity contribution is 7.89. The third-order valence-corrected chi connectivity index (χ3v) is 8.00. The summed E-state index contributed by atoms with van der Waals surface area (Å²) in [5.41, 5.74) is 5.04. The average Bonchev–Trinajstić information content (AvgIpc) is 3.00. The number of ether oxygens (including phenoxy) is 2. The van der Waals surface area contributed by atoms with Crippen LogP contribution in [0.3, 0.4) is 0 Å². The Morgan fingerprint density at radius 1 is 0.848 bits per heavy atom. The van der Waals surface area contributed by atoms with Gasteiger partial charge in [0, 0.05) is 37.6 Å². The topological polar surface area (TPSA) is 59.1 Å². The monoisotopic (exact) mass is 466 g/mol. The van der Waals surface area contributed by atoms with Gasteiger partial charge in [0.15, 0.2) is 11.5 Å². The summed E-state index contributed by atoms with van der Waals surface area (Å²) in [6.45, 7) is 1.12. The third kappa shape index (κ3) is 4.70. The molecule has 0 bridgehead atoms. The molecule has 4 rings (SSSR count). The van der Waals surface area contributed by atoms with E-state index in [9.17, 15) is 8.42 Å². The molecule has 174 valence electrons. The van der Waals surface area contributed by atoms with E-state index in [0.717, 1.165) is 19.4 Å². The molecule has 0 unspecified atom stereocenters. The maximum absolute atomic E-state index is 13.1. The lowest BCUT2D eigenvalue weighted by Gasteiger charge is -2.28. The molecule has 0 aromatic heterocycles. The molecule has 0 spiro atoms. The minimum atomic E-state index is -3.65. The minimum absolute atomic E-state index is 0.188. The zero-order valence-corrected chi connectivity index (χ0v) is 20.1. The summed E-state index contributed by atoms with van der Waals surface area (Å²) in [5, 5.41) is 0. The summed E-state index contributed by atoms with van der Waals surface area (Å²) in [5.74, 6) is 0.891. The van der Waals surface area contributed by atoms with Gasteiger partial charge in [0.1, 0.15) is 0 Å². The van der Waals surface area contributed by atoms with E-state index >= 15 is 0 Å². The van der Waals surface area contributed by atoms with Crippen LogP contribution in [0.1, 0.15) is 17.5 Å². The van der Waals surface area contributed by atoms with Gasteiger partial charge in [0.25, 0.3) is 0 Å². The molecule has 0 radical (unpaired) electrons. The summed E-state index contributed by atoms with van der Waals surface area (Å²) >= 11 is 0. The Kier molecular flexibility index (Phi) is 6.91. The second-order valence-corrected chi connectivity index (χ2v) is 10.2. The lowest BCUT2D eigenvalue weighted by atomic mass is 10.0. The Morgan fingerprint density at radius 2 is 1.42 bits per heavy atom. The number of fused-ring (bicyclic) bond motifs is 2. The predicted molar refractivity (Wildman–Crippen MR) is 131 cm³/mol. The van der Waals surface area contributed by atoms with Gasteiger partial charge in [-0.15, -0.1) is 0 Å². The fourth-order valence-electron chi connectivity index (χ4n) is 4.34. The van der Waals surface area contributed by atoms with Gasteiger partial charge in [-0.2, -0.15) is 0 Å². The number of methoxy groups -OCH3 is 2. The number of nitrogens with zero attached hydrogens (tertiary/aromatic N) is 2. The van der Waals surface area contributed by atoms with E-state index in [1.165, 1.54) is 47.1 Å². The highest BCUT2D eigenvalue weighted by Crippen LogP contribution is 2.36. The number of sulfonamides is 1. The molecule has 0 atom stereocenters. The number of benzene rings is 3. The number of aryl methyl sites for hydroxylation is 2. The van der Waals surface area contributed by atoms with Crippen molar-refractivity contribution in [2.75, 3.05) is 39.3 Å². The first-order valence-corrected chi connectivity index (χ1v) is 12.5. The van der Waals surface area contributed by atoms with Crippen molar-refractivity contribution < 1.29 is 17.9 Å². The molecule has 0 saturated heterocycles. The molecular formula is C26H30N2O4S. The van der Waals surface area contributed by atoms with Gasteiger partial charge in [-0.25, -0.2) is 12.7 Å². The molecule has 33 heavy (non-hydrogen) atoms. The van der Waals surface area contributed by atoms with Gasteiger partial charge in [-0.3, -0.25) is 0 Å². The standard InChI is InChI=1S/C26H30N2O4S/c1-27(33(29,30)22-15-16-25(31-2)26(19-22)32-3)17-8-18-28-23-11-6-4-9-20(23)13-14-21-10-5-7-12-24(21)28/h4-7,9-12,15-16,19H,8,13-14,17-18H2,1-3H3. The molecule has 3 aromatic carbocycles. The lowest BCUT2D eigenvalue weighted by molar-refractivity contribution is 0.353. The SMILES string of the molecule is COc1ccc(S(=O)(=O)N(C)CCCN2c3ccccc3CCc3ccccc32)cc1OC. The van der Waals surface area contributed by atoms with Crippen LogP contribution >= 0.6 is 0 Å². The second-order valence-electron chi connectivity index (χ2n) is 8.11. The van der Waals surface area contributed by atoms with E-state index in [2.05, 4.69) is 53.4 Å². The van der Waals surface area contributed by atoms with E-state index in [1.54, 1.807) is 19.2 Å². The second kappa shape index (κ2) is 9.85. The first-order valence-electron chi connectivity index (χ1n) is 11.1. The van der Waals surface area contributed by atoms with E-state index < -0.39 is 10.0 Å². The molecule has 0 fully saturated rings. The first kappa shape index (κ1) is 23.1. The first-order chi connectivity index (χ1) is 16.0. The van der Waals surface area contributed by atoms with Crippen LogP contribution in [-0.2, 0) is 22.9 Å². The number of rotatable bonds is 8. The smallest absolute Gasteiger partial charge is 0.242 e. The normalized spacial score (nSPS) is 13.3. The Morgan fingerprint density at radius 3 is 2.00 bits per heavy atom. The Balaban J connectivity index is 1.51. The van der Waals surface area contributed by atoms with Crippen molar-refractivity contribution in [2.45, 2.75) is 24.2 Å². The maximum Gasteiger partial charge on any atom is 0.242 e. The highest BCUT2D eigenvalue weighted by Gasteiger charge is 2.24. The summed E-state index contributed by atoms with van der Waals surface area (Å²) < 4.78 is 38.2.